The van der Waals surface area contributed by atoms with Crippen LogP contribution in [0.25, 0.3) is 0 Å². The molecule has 2 N–H and O–H groups in total. The Morgan fingerprint density at radius 2 is 2.00 bits per heavy atom. The molecule has 26 heavy (non-hydrogen) atoms. The normalized spacial score (nSPS) is 22.3. The Morgan fingerprint density at radius 1 is 1.31 bits per heavy atom. The number of carbonyl (C=O) groups is 1. The van der Waals surface area contributed by atoms with E-state index in [0.29, 0.717) is 48.5 Å². The molecule has 1 aromatic rings. The fourth-order valence-electron chi connectivity index (χ4n) is 3.21. The van der Waals surface area contributed by atoms with Crippen molar-refractivity contribution in [3.63, 3.8) is 0 Å². The first-order valence-corrected chi connectivity index (χ1v) is 10.00. The van der Waals surface area contributed by atoms with Gasteiger partial charge in [-0.25, -0.2) is 0 Å². The number of hydrogen-bond donors (Lipinski definition) is 1. The number of likely N-dealkylation sites (tertiary alicyclic amines) is 1. The number of piperidine rings is 1. The van der Waals surface area contributed by atoms with Gasteiger partial charge >= 0.3 is 0 Å². The predicted octanol–water partition coefficient (Wildman–Crippen LogP) is 1.96. The van der Waals surface area contributed by atoms with Crippen molar-refractivity contribution >= 4 is 29.1 Å². The lowest BCUT2D eigenvalue weighted by molar-refractivity contribution is -0.134. The topological polar surface area (TPSA) is 81.9 Å². The highest BCUT2D eigenvalue weighted by Gasteiger charge is 2.35. The maximum Gasteiger partial charge on any atom is 0.223 e. The number of benzene rings is 1. The summed E-state index contributed by atoms with van der Waals surface area (Å²) in [6.45, 7) is 6.53. The largest absolute Gasteiger partial charge is 0.486 e. The van der Waals surface area contributed by atoms with E-state index in [1.54, 1.807) is 18.2 Å². The van der Waals surface area contributed by atoms with E-state index in [2.05, 4.69) is 13.8 Å². The Morgan fingerprint density at radius 3 is 2.69 bits per heavy atom. The minimum Gasteiger partial charge on any atom is -0.486 e. The maximum atomic E-state index is 12.5. The third kappa shape index (κ3) is 4.69. The van der Waals surface area contributed by atoms with Gasteiger partial charge in [-0.05, 0) is 24.0 Å². The zero-order valence-corrected chi connectivity index (χ0v) is 16.9. The summed E-state index contributed by atoms with van der Waals surface area (Å²) in [6.07, 6.45) is 1.08. The van der Waals surface area contributed by atoms with Gasteiger partial charge in [-0.2, -0.15) is 0 Å². The van der Waals surface area contributed by atoms with E-state index in [4.69, 9.17) is 15.2 Å². The molecule has 2 heterocycles. The standard InChI is InChI=1S/C18H26N2O4S.ClH/c1-18(2)12-20(7-5-16(18)19)17(21)6-10-25(22)13-3-4-14-15(11-13)24-9-8-23-14;/h3-4,11,16H,5-10,12,19H2,1-2H3;1H. The Kier molecular flexibility index (Phi) is 6.93. The molecule has 2 atom stereocenters. The summed E-state index contributed by atoms with van der Waals surface area (Å²) in [7, 11) is -1.24. The van der Waals surface area contributed by atoms with Gasteiger partial charge in [0.25, 0.3) is 0 Å². The molecule has 0 aromatic heterocycles. The highest BCUT2D eigenvalue weighted by molar-refractivity contribution is 7.85. The second-order valence-electron chi connectivity index (χ2n) is 7.30. The molecule has 1 fully saturated rings. The van der Waals surface area contributed by atoms with E-state index in [9.17, 15) is 9.00 Å². The summed E-state index contributed by atoms with van der Waals surface area (Å²) in [5, 5.41) is 0. The molecule has 2 unspecified atom stereocenters. The molecule has 0 aliphatic carbocycles. The lowest BCUT2D eigenvalue weighted by Gasteiger charge is -2.42. The van der Waals surface area contributed by atoms with E-state index in [0.717, 1.165) is 6.42 Å². The third-order valence-corrected chi connectivity index (χ3v) is 6.30. The summed E-state index contributed by atoms with van der Waals surface area (Å²) in [4.78, 5) is 15.0. The van der Waals surface area contributed by atoms with Gasteiger partial charge in [-0.15, -0.1) is 12.4 Å². The van der Waals surface area contributed by atoms with E-state index >= 15 is 0 Å². The number of nitrogens with zero attached hydrogens (tertiary/aromatic N) is 1. The summed E-state index contributed by atoms with van der Waals surface area (Å²) >= 11 is 0. The van der Waals surface area contributed by atoms with Crippen LogP contribution in [0.3, 0.4) is 0 Å². The van der Waals surface area contributed by atoms with Gasteiger partial charge in [0.15, 0.2) is 11.5 Å². The molecule has 8 heteroatoms. The van der Waals surface area contributed by atoms with E-state index in [1.165, 1.54) is 0 Å². The molecular weight excluding hydrogens is 376 g/mol. The zero-order valence-electron chi connectivity index (χ0n) is 15.2. The summed E-state index contributed by atoms with van der Waals surface area (Å²) in [6, 6.07) is 5.41. The van der Waals surface area contributed by atoms with E-state index in [1.807, 2.05) is 4.90 Å². The van der Waals surface area contributed by atoms with Gasteiger partial charge in [-0.1, -0.05) is 13.8 Å². The molecule has 0 spiro atoms. The quantitative estimate of drug-likeness (QED) is 0.832. The minimum absolute atomic E-state index is 0. The van der Waals surface area contributed by atoms with Crippen molar-refractivity contribution in [3.05, 3.63) is 18.2 Å². The van der Waals surface area contributed by atoms with E-state index in [-0.39, 0.29) is 36.2 Å². The van der Waals surface area contributed by atoms with Gasteiger partial charge in [0.2, 0.25) is 5.91 Å². The number of rotatable bonds is 4. The predicted molar refractivity (Wildman–Crippen MR) is 104 cm³/mol. The Bertz CT molecular complexity index is 683. The molecule has 146 valence electrons. The lowest BCUT2D eigenvalue weighted by Crippen LogP contribution is -2.54. The fourth-order valence-corrected chi connectivity index (χ4v) is 4.26. The van der Waals surface area contributed by atoms with Crippen LogP contribution in [0.5, 0.6) is 11.5 Å². The van der Waals surface area contributed by atoms with Crippen LogP contribution in [-0.4, -0.2) is 53.1 Å². The van der Waals surface area contributed by atoms with Crippen LogP contribution in [0.4, 0.5) is 0 Å². The number of halogens is 1. The van der Waals surface area contributed by atoms with Gasteiger partial charge in [0.05, 0.1) is 10.8 Å². The highest BCUT2D eigenvalue weighted by Crippen LogP contribution is 2.32. The molecule has 6 nitrogen and oxygen atoms in total. The summed E-state index contributed by atoms with van der Waals surface area (Å²) in [5.74, 6) is 1.65. The van der Waals surface area contributed by atoms with Crippen molar-refractivity contribution in [2.24, 2.45) is 11.1 Å². The number of carbonyl (C=O) groups excluding carboxylic acids is 1. The lowest BCUT2D eigenvalue weighted by atomic mass is 9.79. The second-order valence-corrected chi connectivity index (χ2v) is 8.87. The summed E-state index contributed by atoms with van der Waals surface area (Å²) < 4.78 is 23.5. The van der Waals surface area contributed by atoms with Gasteiger partial charge in [0, 0.05) is 42.3 Å². The van der Waals surface area contributed by atoms with Crippen molar-refractivity contribution in [2.75, 3.05) is 32.1 Å². The number of nitrogens with two attached hydrogens (primary N) is 1. The second kappa shape index (κ2) is 8.59. The monoisotopic (exact) mass is 402 g/mol. The molecule has 2 aliphatic heterocycles. The molecule has 3 rings (SSSR count). The Labute approximate surface area is 163 Å². The number of hydrogen-bond acceptors (Lipinski definition) is 5. The third-order valence-electron chi connectivity index (χ3n) is 4.94. The van der Waals surface area contributed by atoms with Crippen LogP contribution in [0.2, 0.25) is 0 Å². The van der Waals surface area contributed by atoms with Crippen molar-refractivity contribution in [2.45, 2.75) is 37.6 Å². The number of fused-ring (bicyclic) bond motifs is 1. The van der Waals surface area contributed by atoms with Crippen LogP contribution >= 0.6 is 12.4 Å². The number of ether oxygens (including phenoxy) is 2. The Hall–Kier alpha value is -1.31. The summed E-state index contributed by atoms with van der Waals surface area (Å²) in [5.41, 5.74) is 6.04. The van der Waals surface area contributed by atoms with Crippen LogP contribution in [-0.2, 0) is 15.6 Å². The van der Waals surface area contributed by atoms with Crippen LogP contribution < -0.4 is 15.2 Å². The van der Waals surface area contributed by atoms with E-state index < -0.39 is 10.8 Å². The van der Waals surface area contributed by atoms with Crippen molar-refractivity contribution < 1.29 is 18.5 Å². The molecule has 0 saturated carbocycles. The average Bonchev–Trinajstić information content (AvgIpc) is 2.61. The van der Waals surface area contributed by atoms with Crippen LogP contribution in [0, 0.1) is 5.41 Å². The first-order chi connectivity index (χ1) is 11.9. The van der Waals surface area contributed by atoms with Gasteiger partial charge in [0.1, 0.15) is 13.2 Å². The van der Waals surface area contributed by atoms with Crippen LogP contribution in [0.1, 0.15) is 26.7 Å². The molecular formula is C18H27ClN2O4S. The first kappa shape index (κ1) is 21.0. The SMILES string of the molecule is CC1(C)CN(C(=O)CCS(=O)c2ccc3c(c2)OCCO3)CCC1N.Cl. The molecule has 1 amide bonds. The number of amides is 1. The van der Waals surface area contributed by atoms with Crippen molar-refractivity contribution in [1.82, 2.24) is 4.90 Å². The van der Waals surface area contributed by atoms with Crippen molar-refractivity contribution in [1.29, 1.82) is 0 Å². The molecule has 1 aromatic carbocycles. The maximum absolute atomic E-state index is 12.5. The fraction of sp³-hybridized carbons (Fsp3) is 0.611. The van der Waals surface area contributed by atoms with Crippen molar-refractivity contribution in [3.8, 4) is 11.5 Å². The zero-order chi connectivity index (χ0) is 18.0. The first-order valence-electron chi connectivity index (χ1n) is 8.68. The average molecular weight is 403 g/mol. The van der Waals surface area contributed by atoms with Crippen LogP contribution in [0.15, 0.2) is 23.1 Å². The Balaban J connectivity index is 0.00000243. The molecule has 1 saturated heterocycles. The molecule has 0 bridgehead atoms. The smallest absolute Gasteiger partial charge is 0.223 e. The molecule has 2 aliphatic rings. The molecule has 0 radical (unpaired) electrons. The van der Waals surface area contributed by atoms with Gasteiger partial charge in [-0.3, -0.25) is 9.00 Å². The highest BCUT2D eigenvalue weighted by atomic mass is 35.5. The minimum atomic E-state index is -1.24. The van der Waals surface area contributed by atoms with Gasteiger partial charge < -0.3 is 20.1 Å².